The topological polar surface area (TPSA) is 57.7 Å². The third kappa shape index (κ3) is 4.05. The van der Waals surface area contributed by atoms with E-state index in [4.69, 9.17) is 4.74 Å². The van der Waals surface area contributed by atoms with Crippen LogP contribution in [0.25, 0.3) is 0 Å². The van der Waals surface area contributed by atoms with Gasteiger partial charge in [-0.3, -0.25) is 4.79 Å². The standard InChI is InChI=1S/C21H32N4O2/c1-24(2)19-6-5-17(15-22-19)23-16-4-3-10-25(11-7-16)20(26)18-14-21(18)8-12-27-13-9-21/h5-6,15-16,18,23H,3-4,7-14H2,1-2H3/t16-,18-/m1/s1. The fraction of sp³-hybridized carbons (Fsp3) is 0.714. The van der Waals surface area contributed by atoms with Crippen molar-refractivity contribution in [3.63, 3.8) is 0 Å². The van der Waals surface area contributed by atoms with Crippen molar-refractivity contribution in [2.75, 3.05) is 50.6 Å². The van der Waals surface area contributed by atoms with Gasteiger partial charge in [-0.2, -0.15) is 0 Å². The predicted octanol–water partition coefficient (Wildman–Crippen LogP) is 2.76. The maximum Gasteiger partial charge on any atom is 0.226 e. The highest BCUT2D eigenvalue weighted by Crippen LogP contribution is 2.59. The van der Waals surface area contributed by atoms with Crippen LogP contribution in [-0.2, 0) is 9.53 Å². The summed E-state index contributed by atoms with van der Waals surface area (Å²) in [5.74, 6) is 1.62. The number of carbonyl (C=O) groups is 1. The molecule has 27 heavy (non-hydrogen) atoms. The lowest BCUT2D eigenvalue weighted by atomic mass is 9.93. The minimum atomic E-state index is 0.258. The van der Waals surface area contributed by atoms with Gasteiger partial charge in [0, 0.05) is 52.4 Å². The van der Waals surface area contributed by atoms with Crippen molar-refractivity contribution in [3.05, 3.63) is 18.3 Å². The highest BCUT2D eigenvalue weighted by atomic mass is 16.5. The van der Waals surface area contributed by atoms with Crippen LogP contribution in [-0.4, -0.2) is 62.2 Å². The third-order valence-electron chi connectivity index (χ3n) is 6.59. The summed E-state index contributed by atoms with van der Waals surface area (Å²) in [6.07, 6.45) is 8.29. The highest BCUT2D eigenvalue weighted by Gasteiger charge is 2.58. The fourth-order valence-corrected chi connectivity index (χ4v) is 4.68. The van der Waals surface area contributed by atoms with Crippen molar-refractivity contribution in [1.82, 2.24) is 9.88 Å². The monoisotopic (exact) mass is 372 g/mol. The molecule has 4 rings (SSSR count). The molecule has 1 spiro atoms. The normalized spacial score (nSPS) is 27.1. The molecule has 1 amide bonds. The van der Waals surface area contributed by atoms with Crippen LogP contribution in [0.15, 0.2) is 18.3 Å². The molecule has 2 aliphatic heterocycles. The molecule has 1 aromatic rings. The molecule has 1 N–H and O–H groups in total. The summed E-state index contributed by atoms with van der Waals surface area (Å²) in [5.41, 5.74) is 1.34. The first kappa shape index (κ1) is 18.5. The van der Waals surface area contributed by atoms with Crippen LogP contribution < -0.4 is 10.2 Å². The Labute approximate surface area is 162 Å². The molecule has 148 valence electrons. The van der Waals surface area contributed by atoms with E-state index in [1.54, 1.807) is 0 Å². The summed E-state index contributed by atoms with van der Waals surface area (Å²) >= 11 is 0. The number of aromatic nitrogens is 1. The number of likely N-dealkylation sites (tertiary alicyclic amines) is 1. The second kappa shape index (κ2) is 7.66. The molecule has 3 fully saturated rings. The number of hydrogen-bond acceptors (Lipinski definition) is 5. The van der Waals surface area contributed by atoms with E-state index in [0.29, 0.717) is 11.9 Å². The average Bonchev–Trinajstić information content (AvgIpc) is 3.41. The van der Waals surface area contributed by atoms with Crippen LogP contribution in [0.2, 0.25) is 0 Å². The van der Waals surface area contributed by atoms with Crippen molar-refractivity contribution >= 4 is 17.4 Å². The third-order valence-corrected chi connectivity index (χ3v) is 6.59. The summed E-state index contributed by atoms with van der Waals surface area (Å²) in [7, 11) is 3.99. The number of ether oxygens (including phenoxy) is 1. The minimum absolute atomic E-state index is 0.258. The zero-order valence-corrected chi connectivity index (χ0v) is 16.6. The summed E-state index contributed by atoms with van der Waals surface area (Å²) < 4.78 is 5.49. The molecule has 6 nitrogen and oxygen atoms in total. The Morgan fingerprint density at radius 3 is 2.78 bits per heavy atom. The number of rotatable bonds is 4. The number of carbonyl (C=O) groups excluding carboxylic acids is 1. The van der Waals surface area contributed by atoms with Gasteiger partial charge in [-0.05, 0) is 56.1 Å². The predicted molar refractivity (Wildman–Crippen MR) is 107 cm³/mol. The lowest BCUT2D eigenvalue weighted by Crippen LogP contribution is -2.36. The number of hydrogen-bond donors (Lipinski definition) is 1. The van der Waals surface area contributed by atoms with E-state index < -0.39 is 0 Å². The molecule has 0 unspecified atom stereocenters. The van der Waals surface area contributed by atoms with Crippen LogP contribution in [0.1, 0.15) is 38.5 Å². The van der Waals surface area contributed by atoms with E-state index in [2.05, 4.69) is 21.3 Å². The Morgan fingerprint density at radius 1 is 1.26 bits per heavy atom. The van der Waals surface area contributed by atoms with Crippen molar-refractivity contribution in [1.29, 1.82) is 0 Å². The van der Waals surface area contributed by atoms with Crippen LogP contribution in [0.4, 0.5) is 11.5 Å². The fourth-order valence-electron chi connectivity index (χ4n) is 4.68. The van der Waals surface area contributed by atoms with Gasteiger partial charge in [-0.1, -0.05) is 0 Å². The number of nitrogens with zero attached hydrogens (tertiary/aromatic N) is 3. The molecule has 3 aliphatic rings. The lowest BCUT2D eigenvalue weighted by Gasteiger charge is -2.26. The molecule has 0 aromatic carbocycles. The summed E-state index contributed by atoms with van der Waals surface area (Å²) in [4.78, 5) is 21.6. The Hall–Kier alpha value is -1.82. The van der Waals surface area contributed by atoms with Crippen molar-refractivity contribution < 1.29 is 9.53 Å². The summed E-state index contributed by atoms with van der Waals surface area (Å²) in [6, 6.07) is 4.54. The number of nitrogens with one attached hydrogen (secondary N) is 1. The van der Waals surface area contributed by atoms with Gasteiger partial charge in [0.15, 0.2) is 0 Å². The van der Waals surface area contributed by atoms with Crippen LogP contribution in [0, 0.1) is 11.3 Å². The molecule has 0 bridgehead atoms. The largest absolute Gasteiger partial charge is 0.381 e. The lowest BCUT2D eigenvalue weighted by molar-refractivity contribution is -0.134. The Kier molecular flexibility index (Phi) is 5.26. The van der Waals surface area contributed by atoms with Gasteiger partial charge in [0.1, 0.15) is 5.82 Å². The van der Waals surface area contributed by atoms with Crippen LogP contribution >= 0.6 is 0 Å². The molecule has 1 aliphatic carbocycles. The zero-order chi connectivity index (χ0) is 18.9. The Morgan fingerprint density at radius 2 is 2.07 bits per heavy atom. The van der Waals surface area contributed by atoms with Gasteiger partial charge in [-0.15, -0.1) is 0 Å². The maximum atomic E-state index is 13.0. The van der Waals surface area contributed by atoms with Crippen LogP contribution in [0.3, 0.4) is 0 Å². The second-order valence-corrected chi connectivity index (χ2v) is 8.63. The number of amides is 1. The van der Waals surface area contributed by atoms with Crippen LogP contribution in [0.5, 0.6) is 0 Å². The first-order valence-electron chi connectivity index (χ1n) is 10.3. The highest BCUT2D eigenvalue weighted by molar-refractivity contribution is 5.82. The van der Waals surface area contributed by atoms with E-state index in [9.17, 15) is 4.79 Å². The van der Waals surface area contributed by atoms with Gasteiger partial charge in [0.25, 0.3) is 0 Å². The van der Waals surface area contributed by atoms with Crippen molar-refractivity contribution in [2.45, 2.75) is 44.6 Å². The van der Waals surface area contributed by atoms with Crippen molar-refractivity contribution in [2.24, 2.45) is 11.3 Å². The van der Waals surface area contributed by atoms with Gasteiger partial charge < -0.3 is 19.9 Å². The zero-order valence-electron chi connectivity index (χ0n) is 16.6. The minimum Gasteiger partial charge on any atom is -0.381 e. The summed E-state index contributed by atoms with van der Waals surface area (Å²) in [6.45, 7) is 3.42. The van der Waals surface area contributed by atoms with Gasteiger partial charge in [-0.25, -0.2) is 4.98 Å². The SMILES string of the molecule is CN(C)c1ccc(N[C@@H]2CCCN(C(=O)[C@H]3CC34CCOCC4)CC2)cn1. The number of anilines is 2. The maximum absolute atomic E-state index is 13.0. The van der Waals surface area contributed by atoms with E-state index in [1.165, 1.54) is 0 Å². The van der Waals surface area contributed by atoms with Gasteiger partial charge >= 0.3 is 0 Å². The Bertz CT molecular complexity index is 655. The first-order valence-corrected chi connectivity index (χ1v) is 10.3. The quantitative estimate of drug-likeness (QED) is 0.881. The Balaban J connectivity index is 1.29. The first-order chi connectivity index (χ1) is 13.1. The molecule has 1 saturated carbocycles. The molecule has 2 atom stereocenters. The molecule has 1 aromatic heterocycles. The number of pyridine rings is 1. The van der Waals surface area contributed by atoms with E-state index in [1.807, 2.05) is 31.3 Å². The summed E-state index contributed by atoms with van der Waals surface area (Å²) in [5, 5.41) is 3.61. The second-order valence-electron chi connectivity index (χ2n) is 8.63. The average molecular weight is 373 g/mol. The molecule has 6 heteroatoms. The smallest absolute Gasteiger partial charge is 0.226 e. The molecule has 2 saturated heterocycles. The van der Waals surface area contributed by atoms with Gasteiger partial charge in [0.2, 0.25) is 5.91 Å². The molecular weight excluding hydrogens is 340 g/mol. The van der Waals surface area contributed by atoms with E-state index >= 15 is 0 Å². The molecular formula is C21H32N4O2. The molecule has 0 radical (unpaired) electrons. The van der Waals surface area contributed by atoms with E-state index in [0.717, 1.165) is 76.3 Å². The van der Waals surface area contributed by atoms with Gasteiger partial charge in [0.05, 0.1) is 11.9 Å². The molecule has 3 heterocycles. The van der Waals surface area contributed by atoms with E-state index in [-0.39, 0.29) is 11.3 Å². The van der Waals surface area contributed by atoms with Crippen molar-refractivity contribution in [3.8, 4) is 0 Å².